The Kier molecular flexibility index (Phi) is 9.85. The maximum absolute atomic E-state index is 14.4. The van der Waals surface area contributed by atoms with Gasteiger partial charge >= 0.3 is 18.3 Å². The Bertz CT molecular complexity index is 1670. The average Bonchev–Trinajstić information content (AvgIpc) is 3.52. The van der Waals surface area contributed by atoms with Gasteiger partial charge in [-0.3, -0.25) is 14.4 Å². The molecule has 2 atom stereocenters. The number of amides is 3. The summed E-state index contributed by atoms with van der Waals surface area (Å²) in [5, 5.41) is 5.85. The van der Waals surface area contributed by atoms with Crippen molar-refractivity contribution in [1.29, 1.82) is 0 Å². The van der Waals surface area contributed by atoms with Gasteiger partial charge in [-0.2, -0.15) is 8.78 Å². The number of nitrogens with one attached hydrogen (secondary N) is 3. The smallest absolute Gasteiger partial charge is 0.326 e. The minimum Gasteiger partial charge on any atom is -0.326 e. The van der Waals surface area contributed by atoms with Crippen LogP contribution in [0.1, 0.15) is 21.8 Å². The minimum absolute atomic E-state index is 0.00765. The van der Waals surface area contributed by atoms with Gasteiger partial charge in [0.25, 0.3) is 5.91 Å². The SMILES string of the molecule is O=C(Nc1cc(NC(=O)C(F)(F)C(F)F)c(F)cc1F)c1cc(NC(=O)[C@H]2[C@H](c3cc(Cl)c(Cl)c(Cl)c3)C2(Cl)Cl)ccc1Cl. The maximum atomic E-state index is 14.4. The molecule has 234 valence electrons. The Morgan fingerprint density at radius 1 is 0.795 bits per heavy atom. The largest absolute Gasteiger partial charge is 0.383 e. The highest BCUT2D eigenvalue weighted by Gasteiger charge is 2.67. The van der Waals surface area contributed by atoms with Crippen molar-refractivity contribution in [2.24, 2.45) is 5.92 Å². The Morgan fingerprint density at radius 3 is 1.93 bits per heavy atom. The van der Waals surface area contributed by atoms with Gasteiger partial charge in [0, 0.05) is 17.7 Å². The monoisotopic (exact) mass is 739 g/mol. The van der Waals surface area contributed by atoms with E-state index in [1.54, 1.807) is 0 Å². The van der Waals surface area contributed by atoms with Crippen LogP contribution in [0.25, 0.3) is 0 Å². The number of anilines is 3. The van der Waals surface area contributed by atoms with Crippen molar-refractivity contribution in [1.82, 2.24) is 0 Å². The molecule has 0 spiro atoms. The van der Waals surface area contributed by atoms with Gasteiger partial charge in [-0.15, -0.1) is 23.2 Å². The van der Waals surface area contributed by atoms with E-state index in [0.29, 0.717) is 11.6 Å². The van der Waals surface area contributed by atoms with Crippen molar-refractivity contribution in [2.45, 2.75) is 22.6 Å². The molecule has 0 aromatic heterocycles. The van der Waals surface area contributed by atoms with E-state index >= 15 is 0 Å². The Hall–Kier alpha value is -2.61. The van der Waals surface area contributed by atoms with Gasteiger partial charge in [-0.25, -0.2) is 17.6 Å². The molecule has 44 heavy (non-hydrogen) atoms. The van der Waals surface area contributed by atoms with Crippen LogP contribution in [-0.2, 0) is 9.59 Å². The first-order valence-electron chi connectivity index (χ1n) is 11.8. The van der Waals surface area contributed by atoms with E-state index in [0.717, 1.165) is 6.07 Å². The van der Waals surface area contributed by atoms with Crippen LogP contribution in [0.5, 0.6) is 0 Å². The topological polar surface area (TPSA) is 87.3 Å². The van der Waals surface area contributed by atoms with E-state index in [-0.39, 0.29) is 37.4 Å². The van der Waals surface area contributed by atoms with Gasteiger partial charge < -0.3 is 16.0 Å². The van der Waals surface area contributed by atoms with E-state index in [4.69, 9.17) is 69.6 Å². The lowest BCUT2D eigenvalue weighted by Crippen LogP contribution is -2.41. The van der Waals surface area contributed by atoms with Crippen molar-refractivity contribution in [3.63, 3.8) is 0 Å². The first-order valence-corrected chi connectivity index (χ1v) is 14.0. The van der Waals surface area contributed by atoms with Crippen LogP contribution < -0.4 is 16.0 Å². The summed E-state index contributed by atoms with van der Waals surface area (Å²) >= 11 is 36.9. The summed E-state index contributed by atoms with van der Waals surface area (Å²) in [6.07, 6.45) is -4.41. The van der Waals surface area contributed by atoms with Crippen LogP contribution in [0.3, 0.4) is 0 Å². The number of rotatable bonds is 8. The fourth-order valence-corrected chi connectivity index (χ4v) is 5.70. The lowest BCUT2D eigenvalue weighted by atomic mass is 10.1. The average molecular weight is 742 g/mol. The minimum atomic E-state index is -5.19. The Morgan fingerprint density at radius 2 is 1.36 bits per heavy atom. The molecule has 0 unspecified atom stereocenters. The van der Waals surface area contributed by atoms with E-state index in [1.807, 2.05) is 5.32 Å². The summed E-state index contributed by atoms with van der Waals surface area (Å²) in [5.41, 5.74) is -1.89. The first-order chi connectivity index (χ1) is 20.4. The van der Waals surface area contributed by atoms with Gasteiger partial charge in [0.2, 0.25) is 5.91 Å². The molecule has 0 heterocycles. The summed E-state index contributed by atoms with van der Waals surface area (Å²) < 4.78 is 78.4. The summed E-state index contributed by atoms with van der Waals surface area (Å²) in [6, 6.07) is 7.00. The van der Waals surface area contributed by atoms with Crippen LogP contribution in [0.2, 0.25) is 20.1 Å². The fourth-order valence-electron chi connectivity index (χ4n) is 4.05. The molecule has 18 heteroatoms. The summed E-state index contributed by atoms with van der Waals surface area (Å²) in [6.45, 7) is 0. The highest BCUT2D eigenvalue weighted by molar-refractivity contribution is 6.54. The molecule has 1 aliphatic carbocycles. The van der Waals surface area contributed by atoms with Gasteiger partial charge in [0.05, 0.1) is 42.9 Å². The molecule has 1 fully saturated rings. The number of hydrogen-bond donors (Lipinski definition) is 3. The second-order valence-electron chi connectivity index (χ2n) is 9.26. The lowest BCUT2D eigenvalue weighted by molar-refractivity contribution is -0.163. The third-order valence-electron chi connectivity index (χ3n) is 6.31. The summed E-state index contributed by atoms with van der Waals surface area (Å²) in [7, 11) is 0. The van der Waals surface area contributed by atoms with Crippen molar-refractivity contribution in [2.75, 3.05) is 16.0 Å². The number of halogens is 12. The van der Waals surface area contributed by atoms with E-state index in [9.17, 15) is 40.7 Å². The Balaban J connectivity index is 1.52. The van der Waals surface area contributed by atoms with Crippen LogP contribution in [0, 0.1) is 17.6 Å². The van der Waals surface area contributed by atoms with E-state index in [2.05, 4.69) is 5.32 Å². The van der Waals surface area contributed by atoms with Gasteiger partial charge in [0.1, 0.15) is 16.0 Å². The number of carbonyl (C=O) groups excluding carboxylic acids is 3. The number of carbonyl (C=O) groups is 3. The van der Waals surface area contributed by atoms with Crippen LogP contribution >= 0.6 is 69.6 Å². The lowest BCUT2D eigenvalue weighted by Gasteiger charge is -2.16. The Labute approximate surface area is 273 Å². The molecule has 1 aliphatic rings. The zero-order valence-electron chi connectivity index (χ0n) is 21.0. The highest BCUT2D eigenvalue weighted by atomic mass is 35.5. The zero-order chi connectivity index (χ0) is 32.9. The molecule has 3 N–H and O–H groups in total. The molecule has 3 aromatic carbocycles. The second kappa shape index (κ2) is 12.6. The van der Waals surface area contributed by atoms with E-state index in [1.165, 1.54) is 29.6 Å². The highest BCUT2D eigenvalue weighted by Crippen LogP contribution is 2.65. The molecular weight excluding hydrogens is 729 g/mol. The first kappa shape index (κ1) is 34.3. The van der Waals surface area contributed by atoms with Crippen LogP contribution in [0.15, 0.2) is 42.5 Å². The van der Waals surface area contributed by atoms with Crippen molar-refractivity contribution < 1.29 is 40.7 Å². The molecule has 0 saturated heterocycles. The third kappa shape index (κ3) is 6.80. The molecule has 6 nitrogen and oxygen atoms in total. The quantitative estimate of drug-likeness (QED) is 0.122. The molecule has 1 saturated carbocycles. The fraction of sp³-hybridized carbons (Fsp3) is 0.192. The van der Waals surface area contributed by atoms with Crippen LogP contribution in [0.4, 0.5) is 43.4 Å². The molecule has 0 radical (unpaired) electrons. The van der Waals surface area contributed by atoms with Gasteiger partial charge in [-0.05, 0) is 42.0 Å². The molecule has 3 aromatic rings. The third-order valence-corrected chi connectivity index (χ3v) is 8.78. The number of hydrogen-bond acceptors (Lipinski definition) is 3. The molecular formula is C26H13Cl6F6N3O3. The van der Waals surface area contributed by atoms with Crippen LogP contribution in [-0.4, -0.2) is 34.4 Å². The van der Waals surface area contributed by atoms with Gasteiger partial charge in [-0.1, -0.05) is 46.4 Å². The normalized spacial score (nSPS) is 17.3. The molecule has 0 aliphatic heterocycles. The predicted molar refractivity (Wildman–Crippen MR) is 156 cm³/mol. The van der Waals surface area contributed by atoms with Gasteiger partial charge in [0.15, 0.2) is 0 Å². The summed E-state index contributed by atoms with van der Waals surface area (Å²) in [4.78, 5) is 37.5. The van der Waals surface area contributed by atoms with Crippen molar-refractivity contribution in [3.05, 3.63) is 85.3 Å². The molecule has 0 bridgehead atoms. The maximum Gasteiger partial charge on any atom is 0.383 e. The molecule has 4 rings (SSSR count). The zero-order valence-corrected chi connectivity index (χ0v) is 25.6. The predicted octanol–water partition coefficient (Wildman–Crippen LogP) is 9.20. The number of alkyl halides is 6. The summed E-state index contributed by atoms with van der Waals surface area (Å²) in [5.74, 6) is -14.3. The van der Waals surface area contributed by atoms with Crippen molar-refractivity contribution >= 4 is 104 Å². The van der Waals surface area contributed by atoms with Crippen molar-refractivity contribution in [3.8, 4) is 0 Å². The standard InChI is InChI=1S/C26H13Cl6F6N3O3/c27-11-2-1-9(39-22(43)19-18(25(19,31)32)8-3-12(28)20(30)13(29)4-8)5-10(11)21(42)40-16-7-17(15(34)6-14(16)33)41-24(44)26(37,38)23(35)36/h1-7,18-19,23H,(H,39,43)(H,40,42)(H,41,44)/t18-,19+/m0/s1. The second-order valence-corrected chi connectivity index (χ2v) is 12.3. The number of benzene rings is 3. The van der Waals surface area contributed by atoms with E-state index < -0.39 is 69.2 Å². The molecule has 3 amide bonds.